The maximum absolute atomic E-state index is 12.9. The first kappa shape index (κ1) is 19.4. The highest BCUT2D eigenvalue weighted by molar-refractivity contribution is 7.92. The molecule has 0 aliphatic carbocycles. The molecule has 1 heterocycles. The number of nitrogens with one attached hydrogen (secondary N) is 1. The molecule has 3 rings (SSSR count). The van der Waals surface area contributed by atoms with Crippen molar-refractivity contribution in [3.05, 3.63) is 78.1 Å². The van der Waals surface area contributed by atoms with Gasteiger partial charge in [0, 0.05) is 18.5 Å². The number of sulfonamides is 1. The number of rotatable bonds is 7. The fraction of sp³-hybridized carbons (Fsp3) is 0.0952. The number of pyridine rings is 1. The van der Waals surface area contributed by atoms with Crippen LogP contribution in [0, 0.1) is 0 Å². The number of aromatic nitrogens is 1. The lowest BCUT2D eigenvalue weighted by molar-refractivity contribution is 0.354. The van der Waals surface area contributed by atoms with Gasteiger partial charge in [-0.05, 0) is 41.5 Å². The van der Waals surface area contributed by atoms with E-state index in [1.807, 2.05) is 36.4 Å². The largest absolute Gasteiger partial charge is 0.493 e. The second kappa shape index (κ2) is 8.58. The van der Waals surface area contributed by atoms with Gasteiger partial charge < -0.3 is 9.47 Å². The molecule has 1 N–H and O–H groups in total. The Bertz CT molecular complexity index is 1080. The molecule has 3 aromatic rings. The molecule has 2 aromatic carbocycles. The molecular formula is C21H20N2O4S. The van der Waals surface area contributed by atoms with Crippen molar-refractivity contribution < 1.29 is 17.9 Å². The average molecular weight is 396 g/mol. The lowest BCUT2D eigenvalue weighted by Gasteiger charge is -2.13. The molecule has 0 radical (unpaired) electrons. The van der Waals surface area contributed by atoms with Crippen molar-refractivity contribution in [3.8, 4) is 11.5 Å². The van der Waals surface area contributed by atoms with Crippen LogP contribution in [0.25, 0.3) is 12.2 Å². The van der Waals surface area contributed by atoms with E-state index in [9.17, 15) is 8.42 Å². The number of ether oxygens (including phenoxy) is 2. The fourth-order valence-electron chi connectivity index (χ4n) is 2.58. The molecule has 0 spiro atoms. The number of benzene rings is 2. The van der Waals surface area contributed by atoms with Crippen LogP contribution in [-0.4, -0.2) is 27.6 Å². The SMILES string of the molecule is COc1ccc(S(=O)(=O)Nc2ccccc2/C=C/c2ccncc2)cc1OC. The molecule has 0 unspecified atom stereocenters. The summed E-state index contributed by atoms with van der Waals surface area (Å²) in [5, 5.41) is 0. The van der Waals surface area contributed by atoms with E-state index in [2.05, 4.69) is 9.71 Å². The third-order valence-corrected chi connectivity index (χ3v) is 5.40. The molecule has 0 bridgehead atoms. The van der Waals surface area contributed by atoms with Crippen molar-refractivity contribution in [2.24, 2.45) is 0 Å². The van der Waals surface area contributed by atoms with E-state index >= 15 is 0 Å². The number of hydrogen-bond donors (Lipinski definition) is 1. The summed E-state index contributed by atoms with van der Waals surface area (Å²) in [6.45, 7) is 0. The van der Waals surface area contributed by atoms with Gasteiger partial charge in [-0.3, -0.25) is 9.71 Å². The van der Waals surface area contributed by atoms with Gasteiger partial charge in [-0.25, -0.2) is 8.42 Å². The van der Waals surface area contributed by atoms with Crippen molar-refractivity contribution in [3.63, 3.8) is 0 Å². The number of para-hydroxylation sites is 1. The Morgan fingerprint density at radius 1 is 0.893 bits per heavy atom. The molecule has 6 nitrogen and oxygen atoms in total. The predicted octanol–water partition coefficient (Wildman–Crippen LogP) is 4.07. The Morgan fingerprint density at radius 3 is 2.32 bits per heavy atom. The molecule has 7 heteroatoms. The Labute approximate surface area is 164 Å². The monoisotopic (exact) mass is 396 g/mol. The molecule has 0 aliphatic rings. The zero-order valence-electron chi connectivity index (χ0n) is 15.5. The van der Waals surface area contributed by atoms with Crippen LogP contribution >= 0.6 is 0 Å². The lowest BCUT2D eigenvalue weighted by Crippen LogP contribution is -2.14. The summed E-state index contributed by atoms with van der Waals surface area (Å²) in [5.74, 6) is 0.804. The van der Waals surface area contributed by atoms with E-state index in [0.29, 0.717) is 17.2 Å². The second-order valence-corrected chi connectivity index (χ2v) is 7.51. The third kappa shape index (κ3) is 4.50. The van der Waals surface area contributed by atoms with Gasteiger partial charge in [-0.2, -0.15) is 0 Å². The minimum absolute atomic E-state index is 0.0815. The van der Waals surface area contributed by atoms with Gasteiger partial charge in [0.25, 0.3) is 10.0 Å². The molecule has 0 amide bonds. The number of hydrogen-bond acceptors (Lipinski definition) is 5. The topological polar surface area (TPSA) is 77.5 Å². The predicted molar refractivity (Wildman–Crippen MR) is 110 cm³/mol. The summed E-state index contributed by atoms with van der Waals surface area (Å²) in [5.41, 5.74) is 2.18. The van der Waals surface area contributed by atoms with Gasteiger partial charge >= 0.3 is 0 Å². The normalized spacial score (nSPS) is 11.4. The van der Waals surface area contributed by atoms with Crippen LogP contribution in [0.4, 0.5) is 5.69 Å². The van der Waals surface area contributed by atoms with E-state index < -0.39 is 10.0 Å². The quantitative estimate of drug-likeness (QED) is 0.651. The Morgan fingerprint density at radius 2 is 1.61 bits per heavy atom. The molecule has 0 saturated heterocycles. The van der Waals surface area contributed by atoms with Crippen LogP contribution in [-0.2, 0) is 10.0 Å². The first-order valence-electron chi connectivity index (χ1n) is 8.45. The van der Waals surface area contributed by atoms with Crippen LogP contribution in [0.5, 0.6) is 11.5 Å². The minimum atomic E-state index is -3.81. The number of nitrogens with zero attached hydrogens (tertiary/aromatic N) is 1. The highest BCUT2D eigenvalue weighted by Crippen LogP contribution is 2.30. The van der Waals surface area contributed by atoms with Crippen molar-refractivity contribution in [2.45, 2.75) is 4.90 Å². The van der Waals surface area contributed by atoms with Gasteiger partial charge in [0.2, 0.25) is 0 Å². The van der Waals surface area contributed by atoms with E-state index in [-0.39, 0.29) is 4.90 Å². The summed E-state index contributed by atoms with van der Waals surface area (Å²) in [7, 11) is -0.851. The minimum Gasteiger partial charge on any atom is -0.493 e. The van der Waals surface area contributed by atoms with Gasteiger partial charge in [-0.15, -0.1) is 0 Å². The molecule has 28 heavy (non-hydrogen) atoms. The first-order valence-corrected chi connectivity index (χ1v) is 9.94. The Balaban J connectivity index is 1.90. The standard InChI is InChI=1S/C21H20N2O4S/c1-26-20-10-9-18(15-21(20)27-2)28(24,25)23-19-6-4-3-5-17(19)8-7-16-11-13-22-14-12-16/h3-15,23H,1-2H3/b8-7+. The Hall–Kier alpha value is -3.32. The van der Waals surface area contributed by atoms with Crippen LogP contribution < -0.4 is 14.2 Å². The average Bonchev–Trinajstić information content (AvgIpc) is 2.73. The van der Waals surface area contributed by atoms with Gasteiger partial charge in [0.15, 0.2) is 11.5 Å². The molecule has 0 saturated carbocycles. The summed E-state index contributed by atoms with van der Waals surface area (Å²) < 4.78 is 38.7. The molecule has 0 fully saturated rings. The first-order chi connectivity index (χ1) is 13.5. The maximum atomic E-state index is 12.9. The van der Waals surface area contributed by atoms with Crippen molar-refractivity contribution in [2.75, 3.05) is 18.9 Å². The van der Waals surface area contributed by atoms with Crippen molar-refractivity contribution in [1.29, 1.82) is 0 Å². The molecule has 144 valence electrons. The maximum Gasteiger partial charge on any atom is 0.262 e. The second-order valence-electron chi connectivity index (χ2n) is 5.82. The zero-order valence-corrected chi connectivity index (χ0v) is 16.3. The van der Waals surface area contributed by atoms with Gasteiger partial charge in [-0.1, -0.05) is 30.4 Å². The fourth-order valence-corrected chi connectivity index (χ4v) is 3.69. The van der Waals surface area contributed by atoms with Crippen LogP contribution in [0.15, 0.2) is 71.9 Å². The zero-order chi connectivity index (χ0) is 20.0. The molecule has 0 atom stereocenters. The van der Waals surface area contributed by atoms with Crippen LogP contribution in [0.1, 0.15) is 11.1 Å². The van der Waals surface area contributed by atoms with Gasteiger partial charge in [0.1, 0.15) is 0 Å². The third-order valence-electron chi connectivity index (χ3n) is 4.03. The van der Waals surface area contributed by atoms with Crippen molar-refractivity contribution in [1.82, 2.24) is 4.98 Å². The van der Waals surface area contributed by atoms with Crippen LogP contribution in [0.3, 0.4) is 0 Å². The number of anilines is 1. The summed E-state index contributed by atoms with van der Waals surface area (Å²) in [6.07, 6.45) is 7.14. The van der Waals surface area contributed by atoms with E-state index in [4.69, 9.17) is 9.47 Å². The molecule has 0 aliphatic heterocycles. The Kier molecular flexibility index (Phi) is 5.96. The van der Waals surface area contributed by atoms with Gasteiger partial charge in [0.05, 0.1) is 24.8 Å². The smallest absolute Gasteiger partial charge is 0.262 e. The van der Waals surface area contributed by atoms with Crippen LogP contribution in [0.2, 0.25) is 0 Å². The van der Waals surface area contributed by atoms with E-state index in [0.717, 1.165) is 11.1 Å². The summed E-state index contributed by atoms with van der Waals surface area (Å²) >= 11 is 0. The summed E-state index contributed by atoms with van der Waals surface area (Å²) in [6, 6.07) is 15.4. The summed E-state index contributed by atoms with van der Waals surface area (Å²) in [4.78, 5) is 4.06. The van der Waals surface area contributed by atoms with E-state index in [1.165, 1.54) is 26.4 Å². The number of methoxy groups -OCH3 is 2. The molecule has 1 aromatic heterocycles. The van der Waals surface area contributed by atoms with Crippen molar-refractivity contribution >= 4 is 27.9 Å². The highest BCUT2D eigenvalue weighted by atomic mass is 32.2. The molecular weight excluding hydrogens is 376 g/mol. The highest BCUT2D eigenvalue weighted by Gasteiger charge is 2.18. The van der Waals surface area contributed by atoms with E-state index in [1.54, 1.807) is 30.6 Å². The lowest BCUT2D eigenvalue weighted by atomic mass is 10.1.